The molecule has 0 saturated carbocycles. The van der Waals surface area contributed by atoms with E-state index in [0.717, 1.165) is 22.4 Å². The molecule has 1 heterocycles. The first kappa shape index (κ1) is 21.4. The molecule has 1 atom stereocenters. The second-order valence-corrected chi connectivity index (χ2v) is 7.39. The van der Waals surface area contributed by atoms with Crippen molar-refractivity contribution in [3.8, 4) is 5.75 Å². The zero-order valence-electron chi connectivity index (χ0n) is 17.7. The lowest BCUT2D eigenvalue weighted by atomic mass is 9.83. The van der Waals surface area contributed by atoms with Crippen molar-refractivity contribution in [1.82, 2.24) is 4.90 Å². The smallest absolute Gasteiger partial charge is 0.336 e. The van der Waals surface area contributed by atoms with Gasteiger partial charge in [0.25, 0.3) is 0 Å². The second kappa shape index (κ2) is 9.44. The summed E-state index contributed by atoms with van der Waals surface area (Å²) in [6, 6.07) is 15.5. The predicted molar refractivity (Wildman–Crippen MR) is 116 cm³/mol. The highest BCUT2D eigenvalue weighted by Crippen LogP contribution is 2.38. The average Bonchev–Trinajstić information content (AvgIpc) is 2.75. The van der Waals surface area contributed by atoms with Crippen LogP contribution in [0.2, 0.25) is 0 Å². The summed E-state index contributed by atoms with van der Waals surface area (Å²) < 4.78 is 10.6. The maximum absolute atomic E-state index is 13.1. The zero-order chi connectivity index (χ0) is 21.7. The summed E-state index contributed by atoms with van der Waals surface area (Å²) in [5.41, 5.74) is 4.13. The second-order valence-electron chi connectivity index (χ2n) is 7.39. The van der Waals surface area contributed by atoms with Crippen LogP contribution >= 0.6 is 0 Å². The van der Waals surface area contributed by atoms with Crippen molar-refractivity contribution in [2.75, 3.05) is 13.7 Å². The van der Waals surface area contributed by atoms with Crippen molar-refractivity contribution in [1.29, 1.82) is 0 Å². The molecule has 2 aromatic rings. The van der Waals surface area contributed by atoms with Gasteiger partial charge in [0.05, 0.1) is 19.2 Å². The molecule has 1 unspecified atom stereocenters. The molecule has 0 aromatic heterocycles. The number of hydrogen-bond acceptors (Lipinski definition) is 4. The third kappa shape index (κ3) is 4.62. The minimum Gasteiger partial charge on any atom is -0.497 e. The van der Waals surface area contributed by atoms with E-state index in [4.69, 9.17) is 9.47 Å². The van der Waals surface area contributed by atoms with E-state index in [1.54, 1.807) is 18.1 Å². The quantitative estimate of drug-likeness (QED) is 0.502. The van der Waals surface area contributed by atoms with Gasteiger partial charge in [-0.15, -0.1) is 0 Å². The fourth-order valence-electron chi connectivity index (χ4n) is 3.77. The lowest BCUT2D eigenvalue weighted by Gasteiger charge is -2.34. The summed E-state index contributed by atoms with van der Waals surface area (Å²) in [5.74, 6) is -0.00717. The number of carbonyl (C=O) groups excluding carboxylic acids is 2. The topological polar surface area (TPSA) is 55.8 Å². The number of benzene rings is 2. The molecule has 5 heteroatoms. The Labute approximate surface area is 177 Å². The van der Waals surface area contributed by atoms with E-state index < -0.39 is 5.97 Å². The number of ether oxygens (including phenoxy) is 2. The van der Waals surface area contributed by atoms with Crippen LogP contribution in [0.4, 0.5) is 0 Å². The molecule has 0 N–H and O–H groups in total. The van der Waals surface area contributed by atoms with Crippen LogP contribution in [-0.2, 0) is 20.9 Å². The Balaban J connectivity index is 1.99. The van der Waals surface area contributed by atoms with Gasteiger partial charge in [0, 0.05) is 18.0 Å². The lowest BCUT2D eigenvalue weighted by Crippen LogP contribution is -2.38. The number of esters is 1. The SMILES string of the molecule is C=CCOC(=O)C1=C(C)N(Cc2ccc(OC)cc2)C(=O)CC1c1cccc(C)c1. The normalized spacial score (nSPS) is 16.4. The largest absolute Gasteiger partial charge is 0.497 e. The van der Waals surface area contributed by atoms with Gasteiger partial charge in [0.2, 0.25) is 5.91 Å². The minimum absolute atomic E-state index is 0.0184. The molecular weight excluding hydrogens is 378 g/mol. The molecular formula is C25H27NO4. The molecule has 1 amide bonds. The molecule has 1 aliphatic rings. The van der Waals surface area contributed by atoms with Crippen LogP contribution in [0.1, 0.15) is 36.0 Å². The summed E-state index contributed by atoms with van der Waals surface area (Å²) in [6.07, 6.45) is 1.76. The maximum atomic E-state index is 13.1. The molecule has 1 aliphatic heterocycles. The Morgan fingerprint density at radius 2 is 1.93 bits per heavy atom. The molecule has 0 saturated heterocycles. The Bertz CT molecular complexity index is 975. The van der Waals surface area contributed by atoms with Crippen molar-refractivity contribution in [2.24, 2.45) is 0 Å². The summed E-state index contributed by atoms with van der Waals surface area (Å²) in [6.45, 7) is 7.93. The molecule has 30 heavy (non-hydrogen) atoms. The van der Waals surface area contributed by atoms with E-state index in [9.17, 15) is 9.59 Å². The molecule has 156 valence electrons. The fraction of sp³-hybridized carbons (Fsp3) is 0.280. The Kier molecular flexibility index (Phi) is 6.72. The molecule has 2 aromatic carbocycles. The van der Waals surface area contributed by atoms with E-state index in [1.807, 2.05) is 62.4 Å². The van der Waals surface area contributed by atoms with Crippen molar-refractivity contribution < 1.29 is 19.1 Å². The van der Waals surface area contributed by atoms with Gasteiger partial charge < -0.3 is 14.4 Å². The van der Waals surface area contributed by atoms with Crippen molar-refractivity contribution in [2.45, 2.75) is 32.7 Å². The fourth-order valence-corrected chi connectivity index (χ4v) is 3.77. The van der Waals surface area contributed by atoms with E-state index in [1.165, 1.54) is 0 Å². The molecule has 0 spiro atoms. The third-order valence-electron chi connectivity index (χ3n) is 5.32. The van der Waals surface area contributed by atoms with Gasteiger partial charge in [-0.3, -0.25) is 4.79 Å². The van der Waals surface area contributed by atoms with Gasteiger partial charge in [0.15, 0.2) is 0 Å². The predicted octanol–water partition coefficient (Wildman–Crippen LogP) is 4.52. The molecule has 0 fully saturated rings. The highest BCUT2D eigenvalue weighted by atomic mass is 16.5. The Morgan fingerprint density at radius 3 is 2.57 bits per heavy atom. The molecule has 0 radical (unpaired) electrons. The monoisotopic (exact) mass is 405 g/mol. The van der Waals surface area contributed by atoms with Crippen molar-refractivity contribution >= 4 is 11.9 Å². The van der Waals surface area contributed by atoms with E-state index in [2.05, 4.69) is 6.58 Å². The van der Waals surface area contributed by atoms with Gasteiger partial charge in [-0.05, 0) is 37.1 Å². The highest BCUT2D eigenvalue weighted by Gasteiger charge is 2.36. The van der Waals surface area contributed by atoms with Gasteiger partial charge in [-0.25, -0.2) is 4.79 Å². The van der Waals surface area contributed by atoms with Crippen LogP contribution < -0.4 is 4.74 Å². The number of carbonyl (C=O) groups is 2. The zero-order valence-corrected chi connectivity index (χ0v) is 17.7. The Hall–Kier alpha value is -3.34. The molecule has 5 nitrogen and oxygen atoms in total. The molecule has 3 rings (SSSR count). The standard InChI is InChI=1S/C25H27NO4/c1-5-13-30-25(28)24-18(3)26(16-19-9-11-21(29-4)12-10-19)23(27)15-22(24)20-8-6-7-17(2)14-20/h5-12,14,22H,1,13,15-16H2,2-4H3. The van der Waals surface area contributed by atoms with Gasteiger partial charge in [0.1, 0.15) is 12.4 Å². The number of rotatable bonds is 7. The van der Waals surface area contributed by atoms with Gasteiger partial charge in [-0.2, -0.15) is 0 Å². The third-order valence-corrected chi connectivity index (χ3v) is 5.32. The van der Waals surface area contributed by atoms with Crippen molar-refractivity contribution in [3.63, 3.8) is 0 Å². The summed E-state index contributed by atoms with van der Waals surface area (Å²) in [4.78, 5) is 27.7. The summed E-state index contributed by atoms with van der Waals surface area (Å²) in [5, 5.41) is 0. The van der Waals surface area contributed by atoms with Gasteiger partial charge in [-0.1, -0.05) is 54.6 Å². The first-order valence-electron chi connectivity index (χ1n) is 9.93. The van der Waals surface area contributed by atoms with Gasteiger partial charge >= 0.3 is 5.97 Å². The first-order valence-corrected chi connectivity index (χ1v) is 9.93. The first-order chi connectivity index (χ1) is 14.4. The van der Waals surface area contributed by atoms with Crippen LogP contribution in [0.15, 0.2) is 72.5 Å². The lowest BCUT2D eigenvalue weighted by molar-refractivity contribution is -0.139. The van der Waals surface area contributed by atoms with Crippen LogP contribution in [0.3, 0.4) is 0 Å². The highest BCUT2D eigenvalue weighted by molar-refractivity contribution is 5.95. The van der Waals surface area contributed by atoms with E-state index in [-0.39, 0.29) is 24.9 Å². The van der Waals surface area contributed by atoms with Crippen LogP contribution in [0.5, 0.6) is 5.75 Å². The van der Waals surface area contributed by atoms with Crippen LogP contribution in [0, 0.1) is 6.92 Å². The Morgan fingerprint density at radius 1 is 1.20 bits per heavy atom. The number of nitrogens with zero attached hydrogens (tertiary/aromatic N) is 1. The number of amides is 1. The number of hydrogen-bond donors (Lipinski definition) is 0. The maximum Gasteiger partial charge on any atom is 0.336 e. The number of allylic oxidation sites excluding steroid dienone is 1. The number of aryl methyl sites for hydroxylation is 1. The number of methoxy groups -OCH3 is 1. The minimum atomic E-state index is -0.411. The molecule has 0 aliphatic carbocycles. The van der Waals surface area contributed by atoms with Crippen molar-refractivity contribution in [3.05, 3.63) is 89.1 Å². The summed E-state index contributed by atoms with van der Waals surface area (Å²) in [7, 11) is 1.61. The van der Waals surface area contributed by atoms with E-state index in [0.29, 0.717) is 17.8 Å². The van der Waals surface area contributed by atoms with E-state index >= 15 is 0 Å². The van der Waals surface area contributed by atoms with Crippen LogP contribution in [0.25, 0.3) is 0 Å². The molecule has 0 bridgehead atoms. The van der Waals surface area contributed by atoms with Crippen LogP contribution in [-0.4, -0.2) is 30.5 Å². The summed E-state index contributed by atoms with van der Waals surface area (Å²) >= 11 is 0. The average molecular weight is 405 g/mol.